The molecule has 0 aromatic carbocycles. The summed E-state index contributed by atoms with van der Waals surface area (Å²) in [5.41, 5.74) is 2.89. The molecular formula is C31H48O9. The van der Waals surface area contributed by atoms with E-state index >= 15 is 0 Å². The van der Waals surface area contributed by atoms with E-state index in [0.717, 1.165) is 24.8 Å². The molecule has 9 heteroatoms. The lowest BCUT2D eigenvalue weighted by Gasteiger charge is -2.40. The van der Waals surface area contributed by atoms with E-state index in [4.69, 9.17) is 9.47 Å². The van der Waals surface area contributed by atoms with Gasteiger partial charge in [0.25, 0.3) is 0 Å². The lowest BCUT2D eigenvalue weighted by Crippen LogP contribution is -2.59. The Labute approximate surface area is 237 Å². The average Bonchev–Trinajstić information content (AvgIpc) is 3.11. The minimum absolute atomic E-state index is 0.0485. The Morgan fingerprint density at radius 3 is 2.38 bits per heavy atom. The van der Waals surface area contributed by atoms with Crippen LogP contribution in [0.2, 0.25) is 0 Å². The third-order valence-corrected chi connectivity index (χ3v) is 8.96. The molecule has 0 spiro atoms. The first kappa shape index (κ1) is 32.7. The van der Waals surface area contributed by atoms with Crippen molar-refractivity contribution in [2.75, 3.05) is 13.2 Å². The lowest BCUT2D eigenvalue weighted by atomic mass is 9.70. The molecule has 0 bridgehead atoms. The van der Waals surface area contributed by atoms with Crippen molar-refractivity contribution in [3.05, 3.63) is 46.3 Å². The Morgan fingerprint density at radius 1 is 1.02 bits per heavy atom. The van der Waals surface area contributed by atoms with Gasteiger partial charge >= 0.3 is 0 Å². The molecule has 0 saturated carbocycles. The monoisotopic (exact) mass is 564 g/mol. The fourth-order valence-corrected chi connectivity index (χ4v) is 5.97. The van der Waals surface area contributed by atoms with E-state index in [-0.39, 0.29) is 24.1 Å². The summed E-state index contributed by atoms with van der Waals surface area (Å²) in [6.45, 7) is 9.09. The summed E-state index contributed by atoms with van der Waals surface area (Å²) < 4.78 is 11.2. The summed E-state index contributed by atoms with van der Waals surface area (Å²) in [6.07, 6.45) is 2.69. The second-order valence-corrected chi connectivity index (χ2v) is 12.1. The Hall–Kier alpha value is -1.85. The van der Waals surface area contributed by atoms with Crippen LogP contribution in [0.5, 0.6) is 0 Å². The fraction of sp³-hybridized carbons (Fsp3) is 0.710. The van der Waals surface area contributed by atoms with Gasteiger partial charge in [0.1, 0.15) is 24.4 Å². The van der Waals surface area contributed by atoms with Crippen LogP contribution in [0, 0.1) is 17.3 Å². The molecule has 1 aliphatic heterocycles. The number of aliphatic hydroxyl groups is 6. The zero-order valence-corrected chi connectivity index (χ0v) is 24.4. The molecule has 0 unspecified atom stereocenters. The van der Waals surface area contributed by atoms with Gasteiger partial charge in [0.15, 0.2) is 12.0 Å². The minimum Gasteiger partial charge on any atom is -0.504 e. The fourth-order valence-electron chi connectivity index (χ4n) is 5.97. The maximum Gasteiger partial charge on any atom is 0.203 e. The van der Waals surface area contributed by atoms with Gasteiger partial charge in [-0.05, 0) is 70.4 Å². The van der Waals surface area contributed by atoms with E-state index in [2.05, 4.69) is 26.0 Å². The van der Waals surface area contributed by atoms with Gasteiger partial charge in [-0.3, -0.25) is 4.79 Å². The number of carbonyl (C=O) groups excluding carboxylic acids is 1. The average molecular weight is 565 g/mol. The molecule has 2 aliphatic carbocycles. The highest BCUT2D eigenvalue weighted by Gasteiger charge is 2.52. The summed E-state index contributed by atoms with van der Waals surface area (Å²) in [4.78, 5) is 13.6. The molecule has 226 valence electrons. The second-order valence-electron chi connectivity index (χ2n) is 12.1. The van der Waals surface area contributed by atoms with Crippen LogP contribution < -0.4 is 0 Å². The first-order valence-electron chi connectivity index (χ1n) is 14.4. The highest BCUT2D eigenvalue weighted by Crippen LogP contribution is 2.51. The Balaban J connectivity index is 1.87. The van der Waals surface area contributed by atoms with Gasteiger partial charge < -0.3 is 40.1 Å². The molecular weight excluding hydrogens is 516 g/mol. The van der Waals surface area contributed by atoms with Gasteiger partial charge in [-0.25, -0.2) is 0 Å². The van der Waals surface area contributed by atoms with Gasteiger partial charge in [-0.15, -0.1) is 0 Å². The predicted octanol–water partition coefficient (Wildman–Crippen LogP) is 3.01. The molecule has 6 N–H and O–H groups in total. The van der Waals surface area contributed by atoms with Crippen LogP contribution in [0.1, 0.15) is 73.1 Å². The standard InChI is InChI=1S/C31H48O9/c1-17-7-6-8-18(2)13-14-31(5)21(11-10-19(3)22(33)12-9-17)24(26(35)29(31)38)20(4)16-39-30-28(37)27(36)25(34)23(15-32)40-30/h7,10,13,20-23,25,27-28,30,32-37H,6,8-9,11-12,14-16H2,1-5H3/t20-,21-,22+,23-,25-,27+,28-,30+,31+/m1/s1. The Bertz CT molecular complexity index is 1030. The van der Waals surface area contributed by atoms with Crippen LogP contribution in [-0.4, -0.2) is 86.4 Å². The van der Waals surface area contributed by atoms with Crippen molar-refractivity contribution >= 4 is 5.78 Å². The number of rotatable bonds is 5. The molecule has 3 rings (SSSR count). The van der Waals surface area contributed by atoms with E-state index in [0.29, 0.717) is 24.8 Å². The number of aliphatic hydroxyl groups excluding tert-OH is 6. The number of fused-ring (bicyclic) bond motifs is 1. The number of ether oxygens (including phenoxy) is 2. The highest BCUT2D eigenvalue weighted by molar-refractivity contribution is 6.02. The van der Waals surface area contributed by atoms with Gasteiger partial charge in [0, 0.05) is 17.3 Å². The molecule has 40 heavy (non-hydrogen) atoms. The first-order valence-corrected chi connectivity index (χ1v) is 14.4. The molecule has 1 heterocycles. The normalized spacial score (nSPS) is 37.6. The van der Waals surface area contributed by atoms with Crippen LogP contribution in [0.25, 0.3) is 0 Å². The van der Waals surface area contributed by atoms with Crippen LogP contribution >= 0.6 is 0 Å². The first-order chi connectivity index (χ1) is 18.8. The van der Waals surface area contributed by atoms with Crippen molar-refractivity contribution in [1.82, 2.24) is 0 Å². The number of hydrogen-bond donors (Lipinski definition) is 6. The molecule has 0 aromatic heterocycles. The minimum atomic E-state index is -1.56. The lowest BCUT2D eigenvalue weighted by molar-refractivity contribution is -0.302. The number of hydrogen-bond acceptors (Lipinski definition) is 9. The number of carbonyl (C=O) groups is 1. The molecule has 3 aliphatic rings. The van der Waals surface area contributed by atoms with Crippen LogP contribution in [-0.2, 0) is 14.3 Å². The number of ketones is 1. The second kappa shape index (κ2) is 13.9. The molecule has 0 aromatic rings. The van der Waals surface area contributed by atoms with Crippen molar-refractivity contribution in [2.24, 2.45) is 17.3 Å². The SMILES string of the molecule is CC1=CC[C@]2(C)C(=O)C(O)=C([C@H](C)CO[C@H]3O[C@H](CO)[C@@H](O)[C@H](O)[C@H]3O)[C@H]2CC=C(C)[C@@H](O)CCC(C)=CCC1. The number of allylic oxidation sites excluding steroid dienone is 6. The zero-order valence-electron chi connectivity index (χ0n) is 24.4. The van der Waals surface area contributed by atoms with Crippen molar-refractivity contribution in [2.45, 2.75) is 110 Å². The Morgan fingerprint density at radius 2 is 1.70 bits per heavy atom. The summed E-state index contributed by atoms with van der Waals surface area (Å²) in [6, 6.07) is 0. The maximum absolute atomic E-state index is 13.6. The van der Waals surface area contributed by atoms with Gasteiger partial charge in [-0.2, -0.15) is 0 Å². The molecule has 9 atom stereocenters. The van der Waals surface area contributed by atoms with Gasteiger partial charge in [0.05, 0.1) is 19.3 Å². The number of Topliss-reactive ketones (excluding diaryl/α,β-unsaturated/α-hetero) is 1. The smallest absolute Gasteiger partial charge is 0.203 e. The molecule has 0 radical (unpaired) electrons. The van der Waals surface area contributed by atoms with Crippen LogP contribution in [0.4, 0.5) is 0 Å². The molecule has 9 nitrogen and oxygen atoms in total. The molecule has 1 fully saturated rings. The van der Waals surface area contributed by atoms with Crippen LogP contribution in [0.3, 0.4) is 0 Å². The predicted molar refractivity (Wildman–Crippen MR) is 150 cm³/mol. The topological polar surface area (TPSA) is 157 Å². The van der Waals surface area contributed by atoms with Crippen molar-refractivity contribution in [3.63, 3.8) is 0 Å². The summed E-state index contributed by atoms with van der Waals surface area (Å²) in [5, 5.41) is 61.9. The summed E-state index contributed by atoms with van der Waals surface area (Å²) >= 11 is 0. The largest absolute Gasteiger partial charge is 0.504 e. The van der Waals surface area contributed by atoms with Gasteiger partial charge in [0.2, 0.25) is 5.78 Å². The Kier molecular flexibility index (Phi) is 11.3. The van der Waals surface area contributed by atoms with E-state index in [1.807, 2.05) is 26.8 Å². The van der Waals surface area contributed by atoms with E-state index in [1.54, 1.807) is 0 Å². The van der Waals surface area contributed by atoms with Gasteiger partial charge in [-0.1, -0.05) is 43.2 Å². The van der Waals surface area contributed by atoms with Crippen molar-refractivity contribution in [1.29, 1.82) is 0 Å². The third kappa shape index (κ3) is 7.13. The van der Waals surface area contributed by atoms with Crippen molar-refractivity contribution in [3.8, 4) is 0 Å². The summed E-state index contributed by atoms with van der Waals surface area (Å²) in [5.74, 6) is -1.43. The van der Waals surface area contributed by atoms with Crippen LogP contribution in [0.15, 0.2) is 46.3 Å². The van der Waals surface area contributed by atoms with Crippen molar-refractivity contribution < 1.29 is 44.9 Å². The highest BCUT2D eigenvalue weighted by atomic mass is 16.7. The third-order valence-electron chi connectivity index (χ3n) is 8.96. The molecule has 1 saturated heterocycles. The van der Waals surface area contributed by atoms with E-state index < -0.39 is 54.7 Å². The van der Waals surface area contributed by atoms with E-state index in [1.165, 1.54) is 11.1 Å². The summed E-state index contributed by atoms with van der Waals surface area (Å²) in [7, 11) is 0. The quantitative estimate of drug-likeness (QED) is 0.276. The molecule has 0 amide bonds. The van der Waals surface area contributed by atoms with E-state index in [9.17, 15) is 35.4 Å². The maximum atomic E-state index is 13.6. The zero-order chi connectivity index (χ0) is 29.8.